The van der Waals surface area contributed by atoms with Crippen LogP contribution in [0.5, 0.6) is 0 Å². The third-order valence-corrected chi connectivity index (χ3v) is 5.18. The second-order valence-electron chi connectivity index (χ2n) is 6.84. The normalized spacial score (nSPS) is 29.8. The van der Waals surface area contributed by atoms with Gasteiger partial charge in [-0.3, -0.25) is 14.5 Å². The van der Waals surface area contributed by atoms with E-state index in [1.807, 2.05) is 0 Å². The third kappa shape index (κ3) is 4.97. The van der Waals surface area contributed by atoms with Gasteiger partial charge in [-0.2, -0.15) is 0 Å². The Labute approximate surface area is 133 Å². The largest absolute Gasteiger partial charge is 0.469 e. The van der Waals surface area contributed by atoms with Crippen LogP contribution in [0.3, 0.4) is 0 Å². The number of rotatable bonds is 5. The lowest BCUT2D eigenvalue weighted by atomic mass is 9.86. The van der Waals surface area contributed by atoms with Gasteiger partial charge in [0.2, 0.25) is 5.91 Å². The summed E-state index contributed by atoms with van der Waals surface area (Å²) in [7, 11) is 1.42. The summed E-state index contributed by atoms with van der Waals surface area (Å²) in [5.74, 6) is 0.499. The Morgan fingerprint density at radius 1 is 1.14 bits per heavy atom. The van der Waals surface area contributed by atoms with E-state index in [1.165, 1.54) is 26.4 Å². The first kappa shape index (κ1) is 17.3. The minimum atomic E-state index is -0.182. The van der Waals surface area contributed by atoms with Gasteiger partial charge < -0.3 is 10.1 Å². The Kier molecular flexibility index (Phi) is 6.68. The lowest BCUT2D eigenvalue weighted by molar-refractivity contribution is -0.143. The van der Waals surface area contributed by atoms with E-state index in [1.54, 1.807) is 0 Å². The quantitative estimate of drug-likeness (QED) is 0.790. The highest BCUT2D eigenvalue weighted by Crippen LogP contribution is 2.24. The zero-order valence-corrected chi connectivity index (χ0v) is 14.0. The summed E-state index contributed by atoms with van der Waals surface area (Å²) < 4.78 is 4.78. The highest BCUT2D eigenvalue weighted by atomic mass is 16.5. The highest BCUT2D eigenvalue weighted by molar-refractivity contribution is 5.78. The van der Waals surface area contributed by atoms with E-state index in [9.17, 15) is 9.59 Å². The zero-order chi connectivity index (χ0) is 15.9. The Hall–Kier alpha value is -1.10. The average Bonchev–Trinajstić information content (AvgIpc) is 2.51. The monoisotopic (exact) mass is 310 g/mol. The molecule has 0 aromatic heterocycles. The molecule has 2 fully saturated rings. The number of nitrogens with zero attached hydrogens (tertiary/aromatic N) is 1. The molecule has 5 nitrogen and oxygen atoms in total. The fourth-order valence-corrected chi connectivity index (χ4v) is 3.74. The molecule has 0 aromatic carbocycles. The molecule has 1 heterocycles. The van der Waals surface area contributed by atoms with E-state index in [2.05, 4.69) is 17.1 Å². The van der Waals surface area contributed by atoms with Gasteiger partial charge in [0.05, 0.1) is 20.1 Å². The minimum absolute atomic E-state index is 0.107. The number of ether oxygens (including phenoxy) is 1. The molecule has 126 valence electrons. The van der Waals surface area contributed by atoms with Crippen molar-refractivity contribution in [3.8, 4) is 0 Å². The van der Waals surface area contributed by atoms with Gasteiger partial charge in [-0.1, -0.05) is 26.2 Å². The number of carbonyl (C=O) groups excluding carboxylic acids is 2. The number of piperidine rings is 1. The number of methoxy groups -OCH3 is 1. The summed E-state index contributed by atoms with van der Waals surface area (Å²) in [6.07, 6.45) is 8.39. The Morgan fingerprint density at radius 2 is 1.86 bits per heavy atom. The van der Waals surface area contributed by atoms with Crippen LogP contribution in [0.1, 0.15) is 58.3 Å². The first-order valence-corrected chi connectivity index (χ1v) is 8.70. The SMILES string of the molecule is COC(=O)CC1CCCCN1CC(=O)NC1CCCCC1C. The topological polar surface area (TPSA) is 58.6 Å². The predicted octanol–water partition coefficient (Wildman–Crippen LogP) is 2.10. The smallest absolute Gasteiger partial charge is 0.307 e. The van der Waals surface area contributed by atoms with E-state index in [4.69, 9.17) is 4.74 Å². The van der Waals surface area contributed by atoms with Crippen molar-refractivity contribution in [3.05, 3.63) is 0 Å². The number of carbonyl (C=O) groups is 2. The van der Waals surface area contributed by atoms with Crippen LogP contribution in [-0.4, -0.2) is 49.1 Å². The molecule has 1 aliphatic heterocycles. The Bertz CT molecular complexity index is 386. The molecule has 1 amide bonds. The molecule has 2 rings (SSSR count). The predicted molar refractivity (Wildman–Crippen MR) is 85.4 cm³/mol. The van der Waals surface area contributed by atoms with Gasteiger partial charge in [-0.25, -0.2) is 0 Å². The lowest BCUT2D eigenvalue weighted by Gasteiger charge is -2.36. The third-order valence-electron chi connectivity index (χ3n) is 5.18. The van der Waals surface area contributed by atoms with Gasteiger partial charge in [0.15, 0.2) is 0 Å². The standard InChI is InChI=1S/C17H30N2O3/c1-13-7-3-4-9-15(13)18-16(20)12-19-10-6-5-8-14(19)11-17(21)22-2/h13-15H,3-12H2,1-2H3,(H,18,20). The molecular weight excluding hydrogens is 280 g/mol. The molecule has 22 heavy (non-hydrogen) atoms. The number of likely N-dealkylation sites (tertiary alicyclic amines) is 1. The van der Waals surface area contributed by atoms with Crippen molar-refractivity contribution < 1.29 is 14.3 Å². The van der Waals surface area contributed by atoms with Gasteiger partial charge in [-0.05, 0) is 38.1 Å². The van der Waals surface area contributed by atoms with Gasteiger partial charge in [0, 0.05) is 12.1 Å². The van der Waals surface area contributed by atoms with Crippen molar-refractivity contribution in [2.45, 2.75) is 70.4 Å². The molecule has 0 bridgehead atoms. The van der Waals surface area contributed by atoms with Crippen LogP contribution in [0, 0.1) is 5.92 Å². The maximum absolute atomic E-state index is 12.4. The minimum Gasteiger partial charge on any atom is -0.469 e. The van der Waals surface area contributed by atoms with Crippen LogP contribution in [0.2, 0.25) is 0 Å². The molecule has 0 aromatic rings. The highest BCUT2D eigenvalue weighted by Gasteiger charge is 2.28. The van der Waals surface area contributed by atoms with Crippen LogP contribution in [0.25, 0.3) is 0 Å². The first-order chi connectivity index (χ1) is 10.6. The summed E-state index contributed by atoms with van der Waals surface area (Å²) >= 11 is 0. The van der Waals surface area contributed by atoms with Crippen LogP contribution in [0.4, 0.5) is 0 Å². The van der Waals surface area contributed by atoms with E-state index in [0.717, 1.165) is 32.2 Å². The van der Waals surface area contributed by atoms with Gasteiger partial charge in [0.25, 0.3) is 0 Å². The molecular formula is C17H30N2O3. The summed E-state index contributed by atoms with van der Waals surface area (Å²) in [4.78, 5) is 26.0. The maximum Gasteiger partial charge on any atom is 0.307 e. The fourth-order valence-electron chi connectivity index (χ4n) is 3.74. The van der Waals surface area contributed by atoms with E-state index >= 15 is 0 Å². The van der Waals surface area contributed by atoms with Crippen LogP contribution < -0.4 is 5.32 Å². The number of esters is 1. The van der Waals surface area contributed by atoms with Crippen molar-refractivity contribution in [3.63, 3.8) is 0 Å². The number of hydrogen-bond acceptors (Lipinski definition) is 4. The molecule has 3 unspecified atom stereocenters. The van der Waals surface area contributed by atoms with E-state index in [0.29, 0.717) is 24.9 Å². The average molecular weight is 310 g/mol. The molecule has 1 aliphatic carbocycles. The number of hydrogen-bond donors (Lipinski definition) is 1. The first-order valence-electron chi connectivity index (χ1n) is 8.70. The van der Waals surface area contributed by atoms with Crippen LogP contribution in [-0.2, 0) is 14.3 Å². The molecule has 5 heteroatoms. The van der Waals surface area contributed by atoms with Crippen molar-refractivity contribution >= 4 is 11.9 Å². The number of amides is 1. The molecule has 0 radical (unpaired) electrons. The van der Waals surface area contributed by atoms with Crippen LogP contribution in [0.15, 0.2) is 0 Å². The van der Waals surface area contributed by atoms with Gasteiger partial charge in [-0.15, -0.1) is 0 Å². The molecule has 0 spiro atoms. The van der Waals surface area contributed by atoms with Crippen molar-refractivity contribution in [2.75, 3.05) is 20.2 Å². The molecule has 3 atom stereocenters. The summed E-state index contributed by atoms with van der Waals surface area (Å²) in [5, 5.41) is 3.21. The Morgan fingerprint density at radius 3 is 2.59 bits per heavy atom. The fraction of sp³-hybridized carbons (Fsp3) is 0.882. The molecule has 1 saturated carbocycles. The van der Waals surface area contributed by atoms with Crippen molar-refractivity contribution in [1.29, 1.82) is 0 Å². The summed E-state index contributed by atoms with van der Waals surface area (Å²) in [5.41, 5.74) is 0. The second kappa shape index (κ2) is 8.51. The number of nitrogens with one attached hydrogen (secondary N) is 1. The molecule has 1 N–H and O–H groups in total. The summed E-state index contributed by atoms with van der Waals surface area (Å²) in [6, 6.07) is 0.473. The van der Waals surface area contributed by atoms with Crippen molar-refractivity contribution in [2.24, 2.45) is 5.92 Å². The lowest BCUT2D eigenvalue weighted by Crippen LogP contribution is -2.49. The van der Waals surface area contributed by atoms with Crippen molar-refractivity contribution in [1.82, 2.24) is 10.2 Å². The molecule has 1 saturated heterocycles. The van der Waals surface area contributed by atoms with Crippen LogP contribution >= 0.6 is 0 Å². The molecule has 2 aliphatic rings. The second-order valence-corrected chi connectivity index (χ2v) is 6.84. The van der Waals surface area contributed by atoms with E-state index in [-0.39, 0.29) is 17.9 Å². The van der Waals surface area contributed by atoms with E-state index < -0.39 is 0 Å². The maximum atomic E-state index is 12.4. The summed E-state index contributed by atoms with van der Waals surface area (Å²) in [6.45, 7) is 3.53. The van der Waals surface area contributed by atoms with Gasteiger partial charge in [0.1, 0.15) is 0 Å². The zero-order valence-electron chi connectivity index (χ0n) is 14.0. The Balaban J connectivity index is 1.83. The van der Waals surface area contributed by atoms with Gasteiger partial charge >= 0.3 is 5.97 Å².